The van der Waals surface area contributed by atoms with Gasteiger partial charge in [0.2, 0.25) is 5.91 Å². The van der Waals surface area contributed by atoms with Crippen molar-refractivity contribution >= 4 is 23.3 Å². The van der Waals surface area contributed by atoms with Gasteiger partial charge in [0, 0.05) is 18.5 Å². The van der Waals surface area contributed by atoms with E-state index in [2.05, 4.69) is 20.6 Å². The first-order valence-electron chi connectivity index (χ1n) is 6.25. The fraction of sp³-hybridized carbons (Fsp3) is 0.583. The molecule has 1 aliphatic rings. The number of anilines is 1. The summed E-state index contributed by atoms with van der Waals surface area (Å²) >= 11 is 5.71. The first-order valence-corrected chi connectivity index (χ1v) is 6.62. The number of halogens is 1. The zero-order valence-corrected chi connectivity index (χ0v) is 10.9. The highest BCUT2D eigenvalue weighted by Gasteiger charge is 2.14. The zero-order chi connectivity index (χ0) is 12.8. The molecule has 2 N–H and O–H groups in total. The van der Waals surface area contributed by atoms with Crippen LogP contribution < -0.4 is 10.6 Å². The molecular formula is C12H17ClN4O. The number of carbonyl (C=O) groups excluding carboxylic acids is 1. The third kappa shape index (κ3) is 4.23. The molecule has 0 aliphatic carbocycles. The molecule has 98 valence electrons. The lowest BCUT2D eigenvalue weighted by Crippen LogP contribution is -2.34. The maximum atomic E-state index is 11.7. The Balaban J connectivity index is 1.74. The van der Waals surface area contributed by atoms with Gasteiger partial charge in [-0.3, -0.25) is 4.79 Å². The molecule has 0 bridgehead atoms. The van der Waals surface area contributed by atoms with E-state index in [1.165, 1.54) is 25.2 Å². The number of rotatable bonds is 4. The van der Waals surface area contributed by atoms with Crippen molar-refractivity contribution in [3.05, 3.63) is 17.5 Å². The number of nitrogens with zero attached hydrogens (tertiary/aromatic N) is 2. The van der Waals surface area contributed by atoms with Gasteiger partial charge in [-0.1, -0.05) is 18.0 Å². The summed E-state index contributed by atoms with van der Waals surface area (Å²) in [7, 11) is 0. The molecule has 1 amide bonds. The van der Waals surface area contributed by atoms with Gasteiger partial charge in [-0.25, -0.2) is 9.97 Å². The predicted molar refractivity (Wildman–Crippen MR) is 70.5 cm³/mol. The van der Waals surface area contributed by atoms with Crippen molar-refractivity contribution < 1.29 is 4.79 Å². The number of carbonyl (C=O) groups is 1. The molecule has 2 heterocycles. The van der Waals surface area contributed by atoms with Crippen molar-refractivity contribution in [1.82, 2.24) is 15.3 Å². The Bertz CT molecular complexity index is 407. The van der Waals surface area contributed by atoms with Crippen LogP contribution in [-0.2, 0) is 4.79 Å². The minimum Gasteiger partial charge on any atom is -0.314 e. The molecule has 1 unspecified atom stereocenters. The largest absolute Gasteiger partial charge is 0.314 e. The monoisotopic (exact) mass is 268 g/mol. The third-order valence-electron chi connectivity index (χ3n) is 3.03. The highest BCUT2D eigenvalue weighted by molar-refractivity contribution is 6.29. The van der Waals surface area contributed by atoms with Crippen LogP contribution in [0, 0.1) is 0 Å². The van der Waals surface area contributed by atoms with Crippen molar-refractivity contribution in [2.75, 3.05) is 11.9 Å². The SMILES string of the molecule is O=C(CCC1CCCCN1)Nc1cc(Cl)ncn1. The molecule has 0 saturated carbocycles. The van der Waals surface area contributed by atoms with Crippen molar-refractivity contribution in [2.45, 2.75) is 38.1 Å². The molecule has 18 heavy (non-hydrogen) atoms. The van der Waals surface area contributed by atoms with Crippen molar-refractivity contribution in [3.63, 3.8) is 0 Å². The summed E-state index contributed by atoms with van der Waals surface area (Å²) < 4.78 is 0. The average Bonchev–Trinajstić information content (AvgIpc) is 2.38. The Morgan fingerprint density at radius 2 is 2.39 bits per heavy atom. The van der Waals surface area contributed by atoms with Crippen molar-refractivity contribution in [2.24, 2.45) is 0 Å². The standard InChI is InChI=1S/C12H17ClN4O/c13-10-7-11(16-8-15-10)17-12(18)5-4-9-3-1-2-6-14-9/h7-9,14H,1-6H2,(H,15,16,17,18). The van der Waals surface area contributed by atoms with Crippen LogP contribution in [0.2, 0.25) is 5.15 Å². The lowest BCUT2D eigenvalue weighted by molar-refractivity contribution is -0.116. The van der Waals surface area contributed by atoms with Crippen molar-refractivity contribution in [3.8, 4) is 0 Å². The fourth-order valence-electron chi connectivity index (χ4n) is 2.08. The summed E-state index contributed by atoms with van der Waals surface area (Å²) in [4.78, 5) is 19.4. The van der Waals surface area contributed by atoms with Crippen LogP contribution >= 0.6 is 11.6 Å². The summed E-state index contributed by atoms with van der Waals surface area (Å²) in [5, 5.41) is 6.47. The van der Waals surface area contributed by atoms with Crippen LogP contribution in [0.3, 0.4) is 0 Å². The first-order chi connectivity index (χ1) is 8.74. The predicted octanol–water partition coefficient (Wildman–Crippen LogP) is 1.99. The maximum Gasteiger partial charge on any atom is 0.225 e. The van der Waals surface area contributed by atoms with Gasteiger partial charge in [-0.2, -0.15) is 0 Å². The third-order valence-corrected chi connectivity index (χ3v) is 3.24. The Labute approximate surface area is 111 Å². The molecule has 0 spiro atoms. The number of nitrogens with one attached hydrogen (secondary N) is 2. The normalized spacial score (nSPS) is 19.5. The van der Waals surface area contributed by atoms with Gasteiger partial charge in [0.25, 0.3) is 0 Å². The second-order valence-corrected chi connectivity index (χ2v) is 4.85. The molecule has 2 rings (SSSR count). The number of hydrogen-bond donors (Lipinski definition) is 2. The van der Waals surface area contributed by atoms with E-state index in [4.69, 9.17) is 11.6 Å². The van der Waals surface area contributed by atoms with E-state index in [-0.39, 0.29) is 5.91 Å². The van der Waals surface area contributed by atoms with Crippen LogP contribution in [0.25, 0.3) is 0 Å². The van der Waals surface area contributed by atoms with Gasteiger partial charge < -0.3 is 10.6 Å². The average molecular weight is 269 g/mol. The number of hydrogen-bond acceptors (Lipinski definition) is 4. The Morgan fingerprint density at radius 1 is 1.50 bits per heavy atom. The second kappa shape index (κ2) is 6.66. The lowest BCUT2D eigenvalue weighted by Gasteiger charge is -2.22. The molecule has 1 aromatic rings. The van der Waals surface area contributed by atoms with Gasteiger partial charge in [0.1, 0.15) is 17.3 Å². The summed E-state index contributed by atoms with van der Waals surface area (Å²) in [5.74, 6) is 0.425. The molecule has 1 atom stereocenters. The maximum absolute atomic E-state index is 11.7. The molecule has 0 aromatic carbocycles. The number of aromatic nitrogens is 2. The molecule has 1 fully saturated rings. The first kappa shape index (κ1) is 13.2. The summed E-state index contributed by atoms with van der Waals surface area (Å²) in [5.41, 5.74) is 0. The van der Waals surface area contributed by atoms with E-state index in [0.29, 0.717) is 23.4 Å². The Hall–Kier alpha value is -1.20. The summed E-state index contributed by atoms with van der Waals surface area (Å²) in [6, 6.07) is 2.01. The highest BCUT2D eigenvalue weighted by Crippen LogP contribution is 2.13. The molecule has 1 aromatic heterocycles. The smallest absolute Gasteiger partial charge is 0.225 e. The van der Waals surface area contributed by atoms with E-state index < -0.39 is 0 Å². The molecule has 0 radical (unpaired) electrons. The summed E-state index contributed by atoms with van der Waals surface area (Å²) in [6.07, 6.45) is 6.35. The van der Waals surface area contributed by atoms with Gasteiger partial charge in [-0.15, -0.1) is 0 Å². The molecular weight excluding hydrogens is 252 g/mol. The van der Waals surface area contributed by atoms with Crippen LogP contribution in [-0.4, -0.2) is 28.5 Å². The van der Waals surface area contributed by atoms with Crippen molar-refractivity contribution in [1.29, 1.82) is 0 Å². The number of piperidine rings is 1. The second-order valence-electron chi connectivity index (χ2n) is 4.46. The van der Waals surface area contributed by atoms with Crippen LogP contribution in [0.15, 0.2) is 12.4 Å². The van der Waals surface area contributed by atoms with Gasteiger partial charge in [0.15, 0.2) is 0 Å². The van der Waals surface area contributed by atoms with E-state index in [1.807, 2.05) is 0 Å². The van der Waals surface area contributed by atoms with Crippen LogP contribution in [0.4, 0.5) is 5.82 Å². The molecule has 6 heteroatoms. The highest BCUT2D eigenvalue weighted by atomic mass is 35.5. The number of amides is 1. The molecule has 1 saturated heterocycles. The van der Waals surface area contributed by atoms with E-state index >= 15 is 0 Å². The topological polar surface area (TPSA) is 66.9 Å². The van der Waals surface area contributed by atoms with E-state index in [9.17, 15) is 4.79 Å². The molecule has 1 aliphatic heterocycles. The Morgan fingerprint density at radius 3 is 3.11 bits per heavy atom. The van der Waals surface area contributed by atoms with Crippen LogP contribution in [0.1, 0.15) is 32.1 Å². The van der Waals surface area contributed by atoms with E-state index in [1.54, 1.807) is 0 Å². The minimum absolute atomic E-state index is 0.0304. The van der Waals surface area contributed by atoms with Gasteiger partial charge in [0.05, 0.1) is 0 Å². The van der Waals surface area contributed by atoms with Gasteiger partial charge >= 0.3 is 0 Å². The molecule has 5 nitrogen and oxygen atoms in total. The minimum atomic E-state index is -0.0304. The quantitative estimate of drug-likeness (QED) is 0.820. The van der Waals surface area contributed by atoms with E-state index in [0.717, 1.165) is 19.4 Å². The summed E-state index contributed by atoms with van der Waals surface area (Å²) in [6.45, 7) is 1.06. The van der Waals surface area contributed by atoms with Crippen LogP contribution in [0.5, 0.6) is 0 Å². The Kier molecular flexibility index (Phi) is 4.90. The lowest BCUT2D eigenvalue weighted by atomic mass is 10.0. The van der Waals surface area contributed by atoms with Gasteiger partial charge in [-0.05, 0) is 25.8 Å². The fourth-order valence-corrected chi connectivity index (χ4v) is 2.23. The zero-order valence-electron chi connectivity index (χ0n) is 10.2.